The zero-order valence-corrected chi connectivity index (χ0v) is 23.2. The van der Waals surface area contributed by atoms with E-state index in [0.29, 0.717) is 5.92 Å². The molecule has 1 unspecified atom stereocenters. The Kier molecular flexibility index (Phi) is 41.6. The molecule has 3 nitrogen and oxygen atoms in total. The molecule has 0 aromatic rings. The standard InChI is InChI=1S/C9H13.C4H10N.C3H10OSi.CH4O.CH3.CH2.2ClH.Ti/c1-6-5-7(2)9(4)8(6)3;1-4(2,3)5;1-5(2,3)4;1-2;;;;;/h6H,1-4H3;5H,1-3H3;4H,1-3H3;2H,1H3;1H3;1H2;2*1H;/q2*-1;;;-1;;;;. The van der Waals surface area contributed by atoms with E-state index in [0.717, 1.165) is 7.11 Å². The van der Waals surface area contributed by atoms with Crippen molar-refractivity contribution < 1.29 is 29.9 Å². The van der Waals surface area contributed by atoms with E-state index in [-0.39, 0.29) is 37.8 Å². The molecular formula is C19H44Cl2NO2SiTi-3. The quantitative estimate of drug-likeness (QED) is 0.329. The molecule has 26 heavy (non-hydrogen) atoms. The summed E-state index contributed by atoms with van der Waals surface area (Å²) in [6, 6.07) is 0. The number of aliphatic hydroxyl groups excluding tert-OH is 1. The summed E-state index contributed by atoms with van der Waals surface area (Å²) in [5.74, 6) is 0.560. The van der Waals surface area contributed by atoms with Crippen LogP contribution in [0.15, 0.2) is 16.7 Å². The molecule has 1 aliphatic rings. The number of hydrogen-bond acceptors (Lipinski definition) is 2. The second-order valence-corrected chi connectivity index (χ2v) is 11.6. The zero-order valence-electron chi connectivity index (χ0n) is 19.0. The van der Waals surface area contributed by atoms with Crippen LogP contribution in [0.4, 0.5) is 0 Å². The van der Waals surface area contributed by atoms with Crippen LogP contribution >= 0.6 is 24.8 Å². The molecule has 1 aliphatic carbocycles. The summed E-state index contributed by atoms with van der Waals surface area (Å²) in [5.41, 5.74) is 10.9. The van der Waals surface area contributed by atoms with E-state index in [1.54, 1.807) is 20.0 Å². The minimum atomic E-state index is -1.61. The van der Waals surface area contributed by atoms with Gasteiger partial charge < -0.3 is 23.1 Å². The van der Waals surface area contributed by atoms with Gasteiger partial charge in [-0.2, -0.15) is 11.1 Å². The number of hydrogen-bond donors (Lipinski definition) is 2. The smallest absolute Gasteiger partial charge is 0.358 e. The van der Waals surface area contributed by atoms with Gasteiger partial charge in [-0.05, 0) is 19.6 Å². The fourth-order valence-electron chi connectivity index (χ4n) is 1.16. The van der Waals surface area contributed by atoms with Crippen LogP contribution in [0.3, 0.4) is 0 Å². The molecule has 0 aliphatic heterocycles. The Hall–Kier alpha value is 0.741. The molecule has 1 atom stereocenters. The van der Waals surface area contributed by atoms with Crippen LogP contribution in [0.5, 0.6) is 0 Å². The van der Waals surface area contributed by atoms with Gasteiger partial charge in [0.2, 0.25) is 0 Å². The third-order valence-corrected chi connectivity index (χ3v) is 2.24. The predicted molar refractivity (Wildman–Crippen MR) is 126 cm³/mol. The fraction of sp³-hybridized carbons (Fsp3) is 0.684. The number of rotatable bonds is 0. The van der Waals surface area contributed by atoms with E-state index in [1.165, 1.54) is 16.7 Å². The van der Waals surface area contributed by atoms with Crippen LogP contribution < -0.4 is 0 Å². The first-order valence-electron chi connectivity index (χ1n) is 7.68. The SMILES string of the molecule is CC(C)(C)[NH-].CC1=[C-]C(C)C(C)=C1C.CO.C[Si](C)(C)O.Cl.Cl.[CH2]=[Ti].[CH3-]. The van der Waals surface area contributed by atoms with Gasteiger partial charge >= 0.3 is 24.8 Å². The summed E-state index contributed by atoms with van der Waals surface area (Å²) in [5, 5.41) is 7.00. The van der Waals surface area contributed by atoms with Gasteiger partial charge in [0.15, 0.2) is 8.32 Å². The first kappa shape index (κ1) is 45.5. The van der Waals surface area contributed by atoms with E-state index in [1.807, 2.05) is 40.4 Å². The second kappa shape index (κ2) is 23.8. The van der Waals surface area contributed by atoms with Gasteiger partial charge in [0.05, 0.1) is 0 Å². The van der Waals surface area contributed by atoms with Crippen molar-refractivity contribution in [2.75, 3.05) is 7.11 Å². The average Bonchev–Trinajstić information content (AvgIpc) is 2.57. The van der Waals surface area contributed by atoms with Crippen LogP contribution in [0.25, 0.3) is 5.73 Å². The zero-order chi connectivity index (χ0) is 20.0. The Bertz CT molecular complexity index is 340. The molecule has 0 saturated heterocycles. The molecular weight excluding hydrogens is 421 g/mol. The van der Waals surface area contributed by atoms with Crippen LogP contribution in [-0.2, 0) is 20.0 Å². The molecule has 3 N–H and O–H groups in total. The van der Waals surface area contributed by atoms with Gasteiger partial charge in [-0.15, -0.1) is 37.3 Å². The summed E-state index contributed by atoms with van der Waals surface area (Å²) < 4.78 is 0. The van der Waals surface area contributed by atoms with Crippen LogP contribution in [-0.4, -0.2) is 35.7 Å². The second-order valence-electron chi connectivity index (χ2n) is 7.22. The molecule has 0 saturated carbocycles. The summed E-state index contributed by atoms with van der Waals surface area (Å²) >= 11 is 1.75. The summed E-state index contributed by atoms with van der Waals surface area (Å²) in [6.45, 7) is 19.9. The molecule has 0 fully saturated rings. The van der Waals surface area contributed by atoms with Gasteiger partial charge in [-0.1, -0.05) is 47.5 Å². The van der Waals surface area contributed by atoms with E-state index in [2.05, 4.69) is 38.6 Å². The van der Waals surface area contributed by atoms with Crippen LogP contribution in [0, 0.1) is 19.4 Å². The van der Waals surface area contributed by atoms with E-state index >= 15 is 0 Å². The molecule has 1 rings (SSSR count). The Balaban J connectivity index is -0.0000000378. The van der Waals surface area contributed by atoms with Gasteiger partial charge in [-0.25, -0.2) is 5.57 Å². The fourth-order valence-corrected chi connectivity index (χ4v) is 1.16. The summed E-state index contributed by atoms with van der Waals surface area (Å²) in [4.78, 5) is 11.9. The molecule has 0 aromatic carbocycles. The Morgan fingerprint density at radius 3 is 1.27 bits per heavy atom. The minimum Gasteiger partial charge on any atom is -0.358 e. The third-order valence-electron chi connectivity index (χ3n) is 2.24. The van der Waals surface area contributed by atoms with Crippen molar-refractivity contribution in [2.24, 2.45) is 5.92 Å². The van der Waals surface area contributed by atoms with Crippen molar-refractivity contribution in [1.29, 1.82) is 0 Å². The minimum absolute atomic E-state index is 0. The number of nitrogens with one attached hydrogen (secondary N) is 1. The number of aliphatic hydroxyl groups is 1. The number of halogens is 2. The molecule has 0 bridgehead atoms. The third kappa shape index (κ3) is 49.8. The van der Waals surface area contributed by atoms with Gasteiger partial charge in [0.1, 0.15) is 0 Å². The van der Waals surface area contributed by atoms with Gasteiger partial charge in [0.25, 0.3) is 0 Å². The number of allylic oxidation sites excluding steroid dienone is 4. The largest absolute Gasteiger partial charge is 0.358 e. The molecule has 7 heteroatoms. The molecule has 0 radical (unpaired) electrons. The maximum Gasteiger partial charge on any atom is -0.358 e. The maximum atomic E-state index is 8.66. The van der Waals surface area contributed by atoms with Crippen LogP contribution in [0.1, 0.15) is 48.5 Å². The van der Waals surface area contributed by atoms with E-state index in [4.69, 9.17) is 15.6 Å². The van der Waals surface area contributed by atoms with Crippen molar-refractivity contribution in [3.05, 3.63) is 36.0 Å². The van der Waals surface area contributed by atoms with Crippen molar-refractivity contribution in [3.8, 4) is 0 Å². The Morgan fingerprint density at radius 1 is 1.04 bits per heavy atom. The van der Waals surface area contributed by atoms with E-state index < -0.39 is 8.32 Å². The maximum absolute atomic E-state index is 8.66. The van der Waals surface area contributed by atoms with Crippen molar-refractivity contribution >= 4 is 37.9 Å². The van der Waals surface area contributed by atoms with Gasteiger partial charge in [-0.3, -0.25) is 6.08 Å². The van der Waals surface area contributed by atoms with Crippen molar-refractivity contribution in [1.82, 2.24) is 0 Å². The predicted octanol–water partition coefficient (Wildman–Crippen LogP) is 6.24. The van der Waals surface area contributed by atoms with E-state index in [9.17, 15) is 0 Å². The average molecular weight is 465 g/mol. The first-order valence-corrected chi connectivity index (χ1v) is 12.2. The molecule has 0 amide bonds. The van der Waals surface area contributed by atoms with Crippen LogP contribution in [0.2, 0.25) is 19.6 Å². The molecule has 0 spiro atoms. The summed E-state index contributed by atoms with van der Waals surface area (Å²) in [7, 11) is -0.611. The molecule has 162 valence electrons. The van der Waals surface area contributed by atoms with Crippen molar-refractivity contribution in [3.63, 3.8) is 0 Å². The normalized spacial score (nSPS) is 14.3. The van der Waals surface area contributed by atoms with Crippen molar-refractivity contribution in [2.45, 2.75) is 73.6 Å². The summed E-state index contributed by atoms with van der Waals surface area (Å²) in [6.07, 6.45) is 3.36. The molecule has 0 heterocycles. The Morgan fingerprint density at radius 2 is 1.23 bits per heavy atom. The monoisotopic (exact) mass is 464 g/mol. The topological polar surface area (TPSA) is 64.3 Å². The Labute approximate surface area is 189 Å². The molecule has 0 aromatic heterocycles. The first-order chi connectivity index (χ1) is 10.1. The van der Waals surface area contributed by atoms with Gasteiger partial charge in [0, 0.05) is 7.11 Å².